The Bertz CT molecular complexity index is 851. The Labute approximate surface area is 169 Å². The molecule has 0 unspecified atom stereocenters. The molecule has 152 valence electrons. The van der Waals surface area contributed by atoms with Gasteiger partial charge in [-0.1, -0.05) is 18.1 Å². The normalized spacial score (nSPS) is 22.1. The highest BCUT2D eigenvalue weighted by molar-refractivity contribution is 7.16. The Morgan fingerprint density at radius 2 is 1.68 bits per heavy atom. The van der Waals surface area contributed by atoms with Gasteiger partial charge in [-0.25, -0.2) is 0 Å². The number of thiophene rings is 1. The predicted octanol–water partition coefficient (Wildman–Crippen LogP) is 3.90. The van der Waals surface area contributed by atoms with Crippen LogP contribution in [0.15, 0.2) is 11.1 Å². The molecular weight excluding hydrogens is 376 g/mol. The van der Waals surface area contributed by atoms with E-state index in [2.05, 4.69) is 10.6 Å². The number of hydrogen-bond acceptors (Lipinski definition) is 4. The topological polar surface area (TPSA) is 95.5 Å². The van der Waals surface area contributed by atoms with Gasteiger partial charge in [0.15, 0.2) is 0 Å². The van der Waals surface area contributed by atoms with Gasteiger partial charge >= 0.3 is 5.97 Å². The van der Waals surface area contributed by atoms with Gasteiger partial charge in [0.25, 0.3) is 5.91 Å². The van der Waals surface area contributed by atoms with Gasteiger partial charge in [0.05, 0.1) is 17.4 Å². The molecule has 0 radical (unpaired) electrons. The molecule has 2 aliphatic rings. The average Bonchev–Trinajstić information content (AvgIpc) is 3.38. The first kappa shape index (κ1) is 20.6. The monoisotopic (exact) mass is 404 g/mol. The van der Waals surface area contributed by atoms with E-state index >= 15 is 0 Å². The second-order valence-corrected chi connectivity index (χ2v) is 9.18. The quantitative estimate of drug-likeness (QED) is 0.627. The number of rotatable bonds is 6. The Hall–Kier alpha value is -2.15. The Balaban J connectivity index is 1.87. The lowest BCUT2D eigenvalue weighted by Gasteiger charge is -2.29. The fraction of sp³-hybridized carbons (Fsp3) is 0.571. The fourth-order valence-corrected chi connectivity index (χ4v) is 5.00. The van der Waals surface area contributed by atoms with Crippen LogP contribution in [0.4, 0.5) is 5.00 Å². The number of carboxylic acids is 1. The Kier molecular flexibility index (Phi) is 5.93. The van der Waals surface area contributed by atoms with Crippen molar-refractivity contribution >= 4 is 34.1 Å². The number of aliphatic carboxylic acids is 1. The maximum absolute atomic E-state index is 13.0. The summed E-state index contributed by atoms with van der Waals surface area (Å²) in [6, 6.07) is 0.228. The molecule has 3 rings (SSSR count). The van der Waals surface area contributed by atoms with E-state index in [9.17, 15) is 19.5 Å². The van der Waals surface area contributed by atoms with Crippen molar-refractivity contribution in [3.05, 3.63) is 27.2 Å². The molecule has 2 atom stereocenters. The number of carbonyl (C=O) groups excluding carboxylic acids is 2. The summed E-state index contributed by atoms with van der Waals surface area (Å²) in [6.07, 6.45) is 3.51. The third-order valence-corrected chi connectivity index (χ3v) is 6.92. The maximum atomic E-state index is 13.0. The number of carboxylic acid groups (broad SMARTS) is 1. The third kappa shape index (κ3) is 4.14. The maximum Gasteiger partial charge on any atom is 0.307 e. The lowest BCUT2D eigenvalue weighted by atomic mass is 9.76. The molecule has 6 nitrogen and oxygen atoms in total. The van der Waals surface area contributed by atoms with E-state index in [1.165, 1.54) is 11.3 Å². The van der Waals surface area contributed by atoms with E-state index in [1.54, 1.807) is 0 Å². The van der Waals surface area contributed by atoms with Crippen LogP contribution in [0.25, 0.3) is 0 Å². The molecule has 7 heteroatoms. The van der Waals surface area contributed by atoms with Crippen molar-refractivity contribution < 1.29 is 19.5 Å². The number of hydrogen-bond donors (Lipinski definition) is 3. The fourth-order valence-electron chi connectivity index (χ4n) is 3.85. The van der Waals surface area contributed by atoms with E-state index in [4.69, 9.17) is 0 Å². The first-order valence-electron chi connectivity index (χ1n) is 9.84. The number of aryl methyl sites for hydroxylation is 1. The molecule has 1 saturated carbocycles. The molecule has 1 heterocycles. The van der Waals surface area contributed by atoms with Crippen LogP contribution in [0.2, 0.25) is 0 Å². The van der Waals surface area contributed by atoms with Crippen molar-refractivity contribution in [3.63, 3.8) is 0 Å². The molecule has 0 aromatic carbocycles. The van der Waals surface area contributed by atoms with E-state index < -0.39 is 17.8 Å². The SMILES string of the molecule is CCc1c(C)sc(NC(=O)[C@H]2CC(C)=C(C)C[C@H]2C(=O)O)c1C(=O)NC1CC1. The minimum atomic E-state index is -0.949. The third-order valence-electron chi connectivity index (χ3n) is 5.86. The minimum Gasteiger partial charge on any atom is -0.481 e. The van der Waals surface area contributed by atoms with Crippen LogP contribution < -0.4 is 10.6 Å². The number of carbonyl (C=O) groups is 3. The van der Waals surface area contributed by atoms with Gasteiger partial charge in [-0.3, -0.25) is 14.4 Å². The largest absolute Gasteiger partial charge is 0.481 e. The van der Waals surface area contributed by atoms with Crippen molar-refractivity contribution in [1.29, 1.82) is 0 Å². The average molecular weight is 405 g/mol. The summed E-state index contributed by atoms with van der Waals surface area (Å²) in [5, 5.41) is 16.0. The van der Waals surface area contributed by atoms with E-state index in [1.807, 2.05) is 27.7 Å². The molecule has 2 amide bonds. The molecule has 1 fully saturated rings. The molecule has 0 aliphatic heterocycles. The second kappa shape index (κ2) is 8.07. The standard InChI is InChI=1S/C21H28N2O4S/c1-5-14-12(4)28-20(17(14)19(25)22-13-6-7-13)23-18(24)15-8-10(2)11(3)9-16(15)21(26)27/h13,15-16H,5-9H2,1-4H3,(H,22,25)(H,23,24)(H,26,27)/t15-,16+/m0/s1. The second-order valence-electron chi connectivity index (χ2n) is 7.95. The number of nitrogens with one attached hydrogen (secondary N) is 2. The van der Waals surface area contributed by atoms with E-state index in [-0.39, 0.29) is 17.9 Å². The highest BCUT2D eigenvalue weighted by Gasteiger charge is 2.38. The summed E-state index contributed by atoms with van der Waals surface area (Å²) < 4.78 is 0. The predicted molar refractivity (Wildman–Crippen MR) is 110 cm³/mol. The Morgan fingerprint density at radius 3 is 2.21 bits per heavy atom. The van der Waals surface area contributed by atoms with Crippen molar-refractivity contribution in [2.24, 2.45) is 11.8 Å². The zero-order valence-electron chi connectivity index (χ0n) is 16.8. The Morgan fingerprint density at radius 1 is 1.07 bits per heavy atom. The molecule has 0 bridgehead atoms. The zero-order valence-corrected chi connectivity index (χ0v) is 17.7. The lowest BCUT2D eigenvalue weighted by Crippen LogP contribution is -2.37. The van der Waals surface area contributed by atoms with Crippen LogP contribution in [0.3, 0.4) is 0 Å². The van der Waals surface area contributed by atoms with Crippen LogP contribution in [0.5, 0.6) is 0 Å². The molecule has 3 N–H and O–H groups in total. The van der Waals surface area contributed by atoms with Crippen molar-refractivity contribution in [2.45, 2.75) is 65.8 Å². The van der Waals surface area contributed by atoms with Crippen molar-refractivity contribution in [3.8, 4) is 0 Å². The van der Waals surface area contributed by atoms with Crippen LogP contribution in [0.1, 0.15) is 67.3 Å². The lowest BCUT2D eigenvalue weighted by molar-refractivity contribution is -0.146. The van der Waals surface area contributed by atoms with Gasteiger partial charge < -0.3 is 15.7 Å². The zero-order chi connectivity index (χ0) is 20.6. The van der Waals surface area contributed by atoms with Gasteiger partial charge in [-0.05, 0) is 58.4 Å². The molecule has 1 aromatic rings. The number of allylic oxidation sites excluding steroid dienone is 2. The molecule has 0 saturated heterocycles. The van der Waals surface area contributed by atoms with Crippen molar-refractivity contribution in [1.82, 2.24) is 5.32 Å². The number of amides is 2. The summed E-state index contributed by atoms with van der Waals surface area (Å²) >= 11 is 1.39. The van der Waals surface area contributed by atoms with Crippen LogP contribution >= 0.6 is 11.3 Å². The molecular formula is C21H28N2O4S. The minimum absolute atomic E-state index is 0.149. The molecule has 1 aromatic heterocycles. The van der Waals surface area contributed by atoms with Gasteiger partial charge in [0, 0.05) is 10.9 Å². The summed E-state index contributed by atoms with van der Waals surface area (Å²) in [7, 11) is 0. The summed E-state index contributed by atoms with van der Waals surface area (Å²) in [5.74, 6) is -2.78. The van der Waals surface area contributed by atoms with Gasteiger partial charge in [-0.15, -0.1) is 11.3 Å². The van der Waals surface area contributed by atoms with Gasteiger partial charge in [0.1, 0.15) is 5.00 Å². The number of anilines is 1. The van der Waals surface area contributed by atoms with Crippen LogP contribution in [0, 0.1) is 18.8 Å². The summed E-state index contributed by atoms with van der Waals surface area (Å²) in [5.41, 5.74) is 3.60. The first-order valence-corrected chi connectivity index (χ1v) is 10.7. The highest BCUT2D eigenvalue weighted by atomic mass is 32.1. The highest BCUT2D eigenvalue weighted by Crippen LogP contribution is 2.38. The first-order chi connectivity index (χ1) is 13.2. The molecule has 2 aliphatic carbocycles. The smallest absolute Gasteiger partial charge is 0.307 e. The van der Waals surface area contributed by atoms with E-state index in [0.29, 0.717) is 29.8 Å². The molecule has 0 spiro atoms. The van der Waals surface area contributed by atoms with Gasteiger partial charge in [0.2, 0.25) is 5.91 Å². The summed E-state index contributed by atoms with van der Waals surface area (Å²) in [6.45, 7) is 7.82. The van der Waals surface area contributed by atoms with Crippen molar-refractivity contribution in [2.75, 3.05) is 5.32 Å². The summed E-state index contributed by atoms with van der Waals surface area (Å²) in [4.78, 5) is 38.5. The van der Waals surface area contributed by atoms with Crippen LogP contribution in [-0.4, -0.2) is 28.9 Å². The van der Waals surface area contributed by atoms with E-state index in [0.717, 1.165) is 34.4 Å². The van der Waals surface area contributed by atoms with Gasteiger partial charge in [-0.2, -0.15) is 0 Å². The van der Waals surface area contributed by atoms with Crippen LogP contribution in [-0.2, 0) is 16.0 Å². The molecule has 28 heavy (non-hydrogen) atoms.